The van der Waals surface area contributed by atoms with Crippen molar-refractivity contribution in [2.75, 3.05) is 5.73 Å². The number of nitrogen functional groups attached to an aromatic ring is 1. The lowest BCUT2D eigenvalue weighted by atomic mass is 10.0. The molecule has 1 heterocycles. The van der Waals surface area contributed by atoms with Crippen LogP contribution < -0.4 is 5.73 Å². The number of nitrogens with zero attached hydrogens (tertiary/aromatic N) is 2. The van der Waals surface area contributed by atoms with Gasteiger partial charge in [0.1, 0.15) is 0 Å². The summed E-state index contributed by atoms with van der Waals surface area (Å²) in [5.74, 6) is 0.612. The largest absolute Gasteiger partial charge is 0.382 e. The lowest BCUT2D eigenvalue weighted by Gasteiger charge is -2.03. The minimum Gasteiger partial charge on any atom is -0.382 e. The van der Waals surface area contributed by atoms with Crippen LogP contribution in [0.25, 0.3) is 11.1 Å². The lowest BCUT2D eigenvalue weighted by molar-refractivity contribution is 0.722. The predicted molar refractivity (Wildman–Crippen MR) is 62.4 cm³/mol. The van der Waals surface area contributed by atoms with E-state index in [1.807, 2.05) is 29.9 Å². The zero-order valence-electron chi connectivity index (χ0n) is 9.07. The molecule has 2 N–H and O–H groups in total. The summed E-state index contributed by atoms with van der Waals surface area (Å²) < 4.78 is 1.86. The maximum absolute atomic E-state index is 5.92. The molecule has 0 unspecified atom stereocenters. The van der Waals surface area contributed by atoms with Crippen LogP contribution in [0.4, 0.5) is 5.82 Å². The third-order valence-corrected chi connectivity index (χ3v) is 2.59. The lowest BCUT2D eigenvalue weighted by Crippen LogP contribution is -1.97. The van der Waals surface area contributed by atoms with E-state index < -0.39 is 0 Å². The van der Waals surface area contributed by atoms with Gasteiger partial charge >= 0.3 is 0 Å². The second-order valence-electron chi connectivity index (χ2n) is 3.55. The van der Waals surface area contributed by atoms with E-state index >= 15 is 0 Å². The van der Waals surface area contributed by atoms with E-state index in [-0.39, 0.29) is 0 Å². The van der Waals surface area contributed by atoms with E-state index in [1.165, 1.54) is 5.69 Å². The topological polar surface area (TPSA) is 43.8 Å². The van der Waals surface area contributed by atoms with Crippen molar-refractivity contribution >= 4 is 5.82 Å². The van der Waals surface area contributed by atoms with Gasteiger partial charge in [-0.1, -0.05) is 37.3 Å². The van der Waals surface area contributed by atoms with Crippen LogP contribution in [0.15, 0.2) is 30.3 Å². The average Bonchev–Trinajstić information content (AvgIpc) is 2.54. The summed E-state index contributed by atoms with van der Waals surface area (Å²) in [6, 6.07) is 10.2. The Balaban J connectivity index is 2.62. The quantitative estimate of drug-likeness (QED) is 0.809. The fourth-order valence-corrected chi connectivity index (χ4v) is 1.91. The highest BCUT2D eigenvalue weighted by Crippen LogP contribution is 2.28. The minimum atomic E-state index is 0.612. The van der Waals surface area contributed by atoms with Gasteiger partial charge in [-0.25, -0.2) is 0 Å². The van der Waals surface area contributed by atoms with Gasteiger partial charge in [-0.05, 0) is 12.0 Å². The van der Waals surface area contributed by atoms with Gasteiger partial charge < -0.3 is 5.73 Å². The van der Waals surface area contributed by atoms with Crippen LogP contribution >= 0.6 is 0 Å². The first kappa shape index (κ1) is 9.77. The Morgan fingerprint density at radius 2 is 1.93 bits per heavy atom. The molecule has 0 aliphatic carbocycles. The third kappa shape index (κ3) is 1.61. The number of nitrogens with two attached hydrogens (primary N) is 1. The first-order valence-electron chi connectivity index (χ1n) is 5.10. The molecule has 78 valence electrons. The number of aromatic nitrogens is 2. The molecule has 1 aromatic heterocycles. The fraction of sp³-hybridized carbons (Fsp3) is 0.250. The van der Waals surface area contributed by atoms with Crippen molar-refractivity contribution in [2.45, 2.75) is 13.3 Å². The third-order valence-electron chi connectivity index (χ3n) is 2.59. The molecule has 0 spiro atoms. The molecular weight excluding hydrogens is 186 g/mol. The van der Waals surface area contributed by atoms with Crippen molar-refractivity contribution in [1.29, 1.82) is 0 Å². The van der Waals surface area contributed by atoms with Crippen LogP contribution in [-0.4, -0.2) is 9.78 Å². The smallest absolute Gasteiger partial charge is 0.153 e. The molecule has 3 heteroatoms. The molecule has 0 saturated carbocycles. The van der Waals surface area contributed by atoms with Gasteiger partial charge in [-0.3, -0.25) is 4.68 Å². The summed E-state index contributed by atoms with van der Waals surface area (Å²) in [4.78, 5) is 0. The Labute approximate surface area is 89.5 Å². The second-order valence-corrected chi connectivity index (χ2v) is 3.55. The van der Waals surface area contributed by atoms with Crippen molar-refractivity contribution in [3.05, 3.63) is 36.0 Å². The molecule has 2 aromatic rings. The Morgan fingerprint density at radius 1 is 1.27 bits per heavy atom. The van der Waals surface area contributed by atoms with Gasteiger partial charge in [-0.2, -0.15) is 5.10 Å². The number of rotatable bonds is 2. The van der Waals surface area contributed by atoms with Crippen LogP contribution in [0.1, 0.15) is 12.6 Å². The Kier molecular flexibility index (Phi) is 2.46. The van der Waals surface area contributed by atoms with E-state index in [9.17, 15) is 0 Å². The number of hydrogen-bond acceptors (Lipinski definition) is 2. The molecule has 0 amide bonds. The summed E-state index contributed by atoms with van der Waals surface area (Å²) in [7, 11) is 1.93. The van der Waals surface area contributed by atoms with Crippen molar-refractivity contribution in [2.24, 2.45) is 7.05 Å². The van der Waals surface area contributed by atoms with E-state index in [2.05, 4.69) is 24.2 Å². The molecule has 0 saturated heterocycles. The van der Waals surface area contributed by atoms with E-state index in [1.54, 1.807) is 0 Å². The monoisotopic (exact) mass is 201 g/mol. The zero-order chi connectivity index (χ0) is 10.8. The molecular formula is C12H15N3. The molecule has 0 radical (unpaired) electrons. The Hall–Kier alpha value is -1.77. The highest BCUT2D eigenvalue weighted by atomic mass is 15.3. The first-order valence-corrected chi connectivity index (χ1v) is 5.10. The fourth-order valence-electron chi connectivity index (χ4n) is 1.91. The number of benzene rings is 1. The molecule has 0 aliphatic heterocycles. The molecule has 0 aliphatic rings. The average molecular weight is 201 g/mol. The van der Waals surface area contributed by atoms with Crippen LogP contribution in [0.3, 0.4) is 0 Å². The highest BCUT2D eigenvalue weighted by Gasteiger charge is 2.13. The maximum atomic E-state index is 5.92. The van der Waals surface area contributed by atoms with Crippen LogP contribution in [0.5, 0.6) is 0 Å². The number of anilines is 1. The summed E-state index contributed by atoms with van der Waals surface area (Å²) in [5.41, 5.74) is 9.31. The normalized spacial score (nSPS) is 10.5. The van der Waals surface area contributed by atoms with E-state index in [0.717, 1.165) is 17.5 Å². The molecule has 0 bridgehead atoms. The van der Waals surface area contributed by atoms with Crippen LogP contribution in [0.2, 0.25) is 0 Å². The van der Waals surface area contributed by atoms with Gasteiger partial charge in [0.15, 0.2) is 5.82 Å². The Bertz CT molecular complexity index is 457. The van der Waals surface area contributed by atoms with Crippen LogP contribution in [0, 0.1) is 0 Å². The second kappa shape index (κ2) is 3.77. The Morgan fingerprint density at radius 3 is 2.53 bits per heavy atom. The molecule has 2 rings (SSSR count). The predicted octanol–water partition coefficient (Wildman–Crippen LogP) is 2.23. The summed E-state index contributed by atoms with van der Waals surface area (Å²) in [6.45, 7) is 2.11. The SMILES string of the molecule is CCc1c(-c2ccccc2)c(N)nn1C. The van der Waals surface area contributed by atoms with Gasteiger partial charge in [0, 0.05) is 18.3 Å². The van der Waals surface area contributed by atoms with Crippen LogP contribution in [-0.2, 0) is 13.5 Å². The molecule has 0 fully saturated rings. The zero-order valence-corrected chi connectivity index (χ0v) is 9.07. The molecule has 15 heavy (non-hydrogen) atoms. The van der Waals surface area contributed by atoms with Gasteiger partial charge in [0.2, 0.25) is 0 Å². The summed E-state index contributed by atoms with van der Waals surface area (Å²) in [5, 5.41) is 4.25. The standard InChI is InChI=1S/C12H15N3/c1-3-10-11(12(13)14-15(10)2)9-7-5-4-6-8-9/h4-8H,3H2,1-2H3,(H2,13,14). The molecule has 1 aromatic carbocycles. The van der Waals surface area contributed by atoms with Crippen molar-refractivity contribution < 1.29 is 0 Å². The van der Waals surface area contributed by atoms with Crippen molar-refractivity contribution in [3.63, 3.8) is 0 Å². The number of hydrogen-bond donors (Lipinski definition) is 1. The van der Waals surface area contributed by atoms with Crippen molar-refractivity contribution in [3.8, 4) is 11.1 Å². The summed E-state index contributed by atoms with van der Waals surface area (Å²) >= 11 is 0. The maximum Gasteiger partial charge on any atom is 0.153 e. The van der Waals surface area contributed by atoms with E-state index in [0.29, 0.717) is 5.82 Å². The minimum absolute atomic E-state index is 0.612. The summed E-state index contributed by atoms with van der Waals surface area (Å²) in [6.07, 6.45) is 0.935. The first-order chi connectivity index (χ1) is 7.24. The number of aryl methyl sites for hydroxylation is 1. The van der Waals surface area contributed by atoms with E-state index in [4.69, 9.17) is 5.73 Å². The molecule has 0 atom stereocenters. The van der Waals surface area contributed by atoms with Gasteiger partial charge in [0.05, 0.1) is 0 Å². The van der Waals surface area contributed by atoms with Gasteiger partial charge in [-0.15, -0.1) is 0 Å². The van der Waals surface area contributed by atoms with Crippen molar-refractivity contribution in [1.82, 2.24) is 9.78 Å². The van der Waals surface area contributed by atoms with Gasteiger partial charge in [0.25, 0.3) is 0 Å². The highest BCUT2D eigenvalue weighted by molar-refractivity contribution is 5.76. The molecule has 3 nitrogen and oxygen atoms in total.